The third-order valence-electron chi connectivity index (χ3n) is 6.22. The van der Waals surface area contributed by atoms with Gasteiger partial charge in [-0.3, -0.25) is 14.5 Å². The van der Waals surface area contributed by atoms with E-state index in [1.807, 2.05) is 30.3 Å². The maximum Gasteiger partial charge on any atom is 0.295 e. The van der Waals surface area contributed by atoms with Gasteiger partial charge in [0.15, 0.2) is 11.5 Å². The van der Waals surface area contributed by atoms with Gasteiger partial charge in [-0.25, -0.2) is 4.98 Å². The van der Waals surface area contributed by atoms with Crippen molar-refractivity contribution >= 4 is 17.5 Å². The van der Waals surface area contributed by atoms with Gasteiger partial charge in [-0.1, -0.05) is 37.3 Å². The summed E-state index contributed by atoms with van der Waals surface area (Å²) in [6.45, 7) is 4.07. The molecule has 1 aromatic carbocycles. The predicted molar refractivity (Wildman–Crippen MR) is 115 cm³/mol. The van der Waals surface area contributed by atoms with E-state index < -0.39 is 6.04 Å². The summed E-state index contributed by atoms with van der Waals surface area (Å²) in [7, 11) is 0. The number of hydrogen-bond acceptors (Lipinski definition) is 5. The fourth-order valence-electron chi connectivity index (χ4n) is 4.79. The molecule has 0 N–H and O–H groups in total. The highest BCUT2D eigenvalue weighted by atomic mass is 16.5. The van der Waals surface area contributed by atoms with E-state index in [4.69, 9.17) is 9.47 Å². The minimum atomic E-state index is -0.568. The molecule has 1 fully saturated rings. The lowest BCUT2D eigenvalue weighted by atomic mass is 9.77. The first kappa shape index (κ1) is 19.5. The highest BCUT2D eigenvalue weighted by Gasteiger charge is 2.52. The van der Waals surface area contributed by atoms with Crippen molar-refractivity contribution < 1.29 is 19.1 Å². The molecule has 5 rings (SSSR count). The lowest BCUT2D eigenvalue weighted by Gasteiger charge is -2.35. The molecule has 2 aromatic rings. The first-order valence-corrected chi connectivity index (χ1v) is 10.7. The van der Waals surface area contributed by atoms with Crippen molar-refractivity contribution in [3.63, 3.8) is 0 Å². The Balaban J connectivity index is 1.59. The van der Waals surface area contributed by atoms with Crippen molar-refractivity contribution in [2.75, 3.05) is 11.5 Å². The largest absolute Gasteiger partial charge is 0.490 e. The van der Waals surface area contributed by atoms with E-state index in [0.29, 0.717) is 23.7 Å². The van der Waals surface area contributed by atoms with Crippen LogP contribution in [0.1, 0.15) is 37.3 Å². The van der Waals surface area contributed by atoms with E-state index in [0.717, 1.165) is 31.2 Å². The van der Waals surface area contributed by atoms with E-state index in [1.165, 1.54) is 0 Å². The maximum absolute atomic E-state index is 13.6. The Morgan fingerprint density at radius 3 is 2.68 bits per heavy atom. The highest BCUT2D eigenvalue weighted by Crippen LogP contribution is 2.48. The van der Waals surface area contributed by atoms with Crippen LogP contribution >= 0.6 is 0 Å². The molecule has 0 radical (unpaired) electrons. The van der Waals surface area contributed by atoms with Crippen LogP contribution in [0.5, 0.6) is 5.75 Å². The number of aromatic nitrogens is 1. The van der Waals surface area contributed by atoms with Crippen molar-refractivity contribution in [3.05, 3.63) is 78.2 Å². The van der Waals surface area contributed by atoms with Crippen LogP contribution < -0.4 is 9.64 Å². The molecular formula is C25H24N2O4. The molecule has 158 valence electrons. The fraction of sp³-hybridized carbons (Fsp3) is 0.320. The second-order valence-corrected chi connectivity index (χ2v) is 8.09. The van der Waals surface area contributed by atoms with Crippen LogP contribution in [-0.2, 0) is 14.3 Å². The molecule has 0 bridgehead atoms. The van der Waals surface area contributed by atoms with Crippen LogP contribution in [-0.4, -0.2) is 29.4 Å². The van der Waals surface area contributed by atoms with Crippen LogP contribution in [0.25, 0.3) is 0 Å². The number of Topliss-reactive ketones (excluding diaryl/α,β-unsaturated/α-hetero) is 1. The number of pyridine rings is 1. The van der Waals surface area contributed by atoms with Crippen LogP contribution in [0.2, 0.25) is 0 Å². The summed E-state index contributed by atoms with van der Waals surface area (Å²) >= 11 is 0. The molecular weight excluding hydrogens is 392 g/mol. The summed E-state index contributed by atoms with van der Waals surface area (Å²) in [6, 6.07) is 12.3. The van der Waals surface area contributed by atoms with Crippen molar-refractivity contribution in [2.24, 2.45) is 5.92 Å². The maximum atomic E-state index is 13.6. The number of fused-ring (bicyclic) bond motifs is 1. The molecule has 1 aromatic heterocycles. The Morgan fingerprint density at radius 1 is 1.13 bits per heavy atom. The summed E-state index contributed by atoms with van der Waals surface area (Å²) in [5.74, 6) is 0.943. The Morgan fingerprint density at radius 2 is 1.94 bits per heavy atom. The zero-order chi connectivity index (χ0) is 21.4. The van der Waals surface area contributed by atoms with Gasteiger partial charge in [0, 0.05) is 6.20 Å². The van der Waals surface area contributed by atoms with E-state index >= 15 is 0 Å². The van der Waals surface area contributed by atoms with Gasteiger partial charge < -0.3 is 9.47 Å². The number of nitrogens with zero attached hydrogens (tertiary/aromatic N) is 2. The SMILES string of the molecule is C=CCOc1ccc(C2C3=C(OC4CCCCC4C3=O)C(=O)N2c2ccccn2)cc1. The highest BCUT2D eigenvalue weighted by molar-refractivity contribution is 6.17. The Bertz CT molecular complexity index is 1040. The molecule has 0 spiro atoms. The van der Waals surface area contributed by atoms with Gasteiger partial charge in [0.05, 0.1) is 17.5 Å². The first-order valence-electron chi connectivity index (χ1n) is 10.7. The molecule has 31 heavy (non-hydrogen) atoms. The van der Waals surface area contributed by atoms with E-state index in [1.54, 1.807) is 29.3 Å². The number of amides is 1. The smallest absolute Gasteiger partial charge is 0.295 e. The average Bonchev–Trinajstić information content (AvgIpc) is 3.11. The number of carbonyl (C=O) groups excluding carboxylic acids is 2. The molecule has 3 aliphatic rings. The molecule has 1 saturated carbocycles. The quantitative estimate of drug-likeness (QED) is 0.685. The Labute approximate surface area is 181 Å². The van der Waals surface area contributed by atoms with Gasteiger partial charge in [-0.15, -0.1) is 0 Å². The molecule has 2 aliphatic heterocycles. The van der Waals surface area contributed by atoms with Crippen LogP contribution in [0.15, 0.2) is 72.6 Å². The van der Waals surface area contributed by atoms with Crippen LogP contribution in [0.4, 0.5) is 5.82 Å². The van der Waals surface area contributed by atoms with Gasteiger partial charge in [0.1, 0.15) is 24.3 Å². The van der Waals surface area contributed by atoms with Crippen molar-refractivity contribution in [1.29, 1.82) is 0 Å². The van der Waals surface area contributed by atoms with Gasteiger partial charge in [-0.05, 0) is 49.1 Å². The fourth-order valence-corrected chi connectivity index (χ4v) is 4.79. The van der Waals surface area contributed by atoms with E-state index in [-0.39, 0.29) is 29.5 Å². The van der Waals surface area contributed by atoms with Gasteiger partial charge in [0.2, 0.25) is 0 Å². The standard InChI is InChI=1S/C25H24N2O4/c1-2-15-30-17-12-10-16(11-13-17)22-21-23(28)18-7-3-4-8-19(18)31-24(21)25(29)27(22)20-9-5-6-14-26-20/h2,5-6,9-14,18-19,22H,1,3-4,7-8,15H2. The normalized spacial score (nSPS) is 25.0. The molecule has 6 nitrogen and oxygen atoms in total. The summed E-state index contributed by atoms with van der Waals surface area (Å²) in [5.41, 5.74) is 1.28. The average molecular weight is 416 g/mol. The summed E-state index contributed by atoms with van der Waals surface area (Å²) in [6.07, 6.45) is 6.77. The zero-order valence-corrected chi connectivity index (χ0v) is 17.2. The van der Waals surface area contributed by atoms with Crippen molar-refractivity contribution in [3.8, 4) is 5.75 Å². The molecule has 6 heteroatoms. The topological polar surface area (TPSA) is 68.7 Å². The number of hydrogen-bond donors (Lipinski definition) is 0. The predicted octanol–water partition coefficient (Wildman–Crippen LogP) is 4.15. The monoisotopic (exact) mass is 416 g/mol. The second-order valence-electron chi connectivity index (χ2n) is 8.09. The van der Waals surface area contributed by atoms with Gasteiger partial charge in [0.25, 0.3) is 5.91 Å². The molecule has 3 heterocycles. The number of anilines is 1. The lowest BCUT2D eigenvalue weighted by molar-refractivity contribution is -0.131. The summed E-state index contributed by atoms with van der Waals surface area (Å²) in [4.78, 5) is 33.0. The summed E-state index contributed by atoms with van der Waals surface area (Å²) in [5, 5.41) is 0. The van der Waals surface area contributed by atoms with Crippen LogP contribution in [0, 0.1) is 5.92 Å². The zero-order valence-electron chi connectivity index (χ0n) is 17.2. The molecule has 1 aliphatic carbocycles. The van der Waals surface area contributed by atoms with Crippen LogP contribution in [0.3, 0.4) is 0 Å². The van der Waals surface area contributed by atoms with E-state index in [9.17, 15) is 9.59 Å². The Kier molecular flexibility index (Phi) is 5.06. The first-order chi connectivity index (χ1) is 15.2. The number of benzene rings is 1. The minimum Gasteiger partial charge on any atom is -0.490 e. The van der Waals surface area contributed by atoms with Gasteiger partial charge >= 0.3 is 0 Å². The third kappa shape index (κ3) is 3.32. The minimum absolute atomic E-state index is 0.0368. The Hall–Kier alpha value is -3.41. The van der Waals surface area contributed by atoms with Gasteiger partial charge in [-0.2, -0.15) is 0 Å². The summed E-state index contributed by atoms with van der Waals surface area (Å²) < 4.78 is 11.8. The van der Waals surface area contributed by atoms with E-state index in [2.05, 4.69) is 11.6 Å². The molecule has 3 atom stereocenters. The molecule has 1 amide bonds. The number of ether oxygens (including phenoxy) is 2. The third-order valence-corrected chi connectivity index (χ3v) is 6.22. The molecule has 0 saturated heterocycles. The number of rotatable bonds is 5. The van der Waals surface area contributed by atoms with Crippen molar-refractivity contribution in [2.45, 2.75) is 37.8 Å². The van der Waals surface area contributed by atoms with Crippen molar-refractivity contribution in [1.82, 2.24) is 4.98 Å². The second kappa shape index (κ2) is 8.02. The molecule has 3 unspecified atom stereocenters. The number of ketones is 1. The lowest BCUT2D eigenvalue weighted by Crippen LogP contribution is -2.39. The number of carbonyl (C=O) groups is 2.